The summed E-state index contributed by atoms with van der Waals surface area (Å²) in [5.41, 5.74) is 5.15. The average Bonchev–Trinajstić information content (AvgIpc) is 1.81. The molecule has 1 saturated heterocycles. The van der Waals surface area contributed by atoms with Crippen LogP contribution in [0.2, 0.25) is 0 Å². The highest BCUT2D eigenvalue weighted by atomic mass is 32.2. The molecule has 0 spiro atoms. The molecule has 0 atom stereocenters. The Morgan fingerprint density at radius 3 is 2.33 bits per heavy atom. The minimum Gasteiger partial charge on any atom is -0.329 e. The second-order valence-corrected chi connectivity index (χ2v) is 4.09. The van der Waals surface area contributed by atoms with Crippen LogP contribution in [-0.2, 0) is 10.0 Å². The Balaban J connectivity index is 2.47. The van der Waals surface area contributed by atoms with Gasteiger partial charge in [-0.25, -0.2) is 8.42 Å². The highest BCUT2D eigenvalue weighted by Crippen LogP contribution is 2.10. The van der Waals surface area contributed by atoms with E-state index in [0.717, 1.165) is 0 Å². The van der Waals surface area contributed by atoms with Crippen LogP contribution in [0.25, 0.3) is 0 Å². The number of hydrogen-bond donors (Lipinski definition) is 1. The second kappa shape index (κ2) is 2.24. The maximum absolute atomic E-state index is 10.7. The van der Waals surface area contributed by atoms with Gasteiger partial charge in [-0.1, -0.05) is 0 Å². The van der Waals surface area contributed by atoms with E-state index in [0.29, 0.717) is 25.4 Å². The number of nitrogens with two attached hydrogens (primary N) is 1. The smallest absolute Gasteiger partial charge is 0.215 e. The summed E-state index contributed by atoms with van der Waals surface area (Å²) in [6, 6.07) is 0. The lowest BCUT2D eigenvalue weighted by atomic mass is 10.6. The van der Waals surface area contributed by atoms with Crippen molar-refractivity contribution < 1.29 is 8.42 Å². The van der Waals surface area contributed by atoms with E-state index in [1.165, 1.54) is 4.31 Å². The van der Waals surface area contributed by atoms with Gasteiger partial charge in [0.05, 0.1) is 5.75 Å². The molecular formula is C4H10N2O2S. The summed E-state index contributed by atoms with van der Waals surface area (Å²) < 4.78 is 22.8. The van der Waals surface area contributed by atoms with Crippen molar-refractivity contribution in [3.8, 4) is 0 Å². The van der Waals surface area contributed by atoms with Crippen molar-refractivity contribution in [2.24, 2.45) is 5.73 Å². The molecule has 54 valence electrons. The normalized spacial score (nSPS) is 25.4. The maximum atomic E-state index is 10.7. The predicted octanol–water partition coefficient (Wildman–Crippen LogP) is -1.41. The summed E-state index contributed by atoms with van der Waals surface area (Å²) in [5.74, 6) is 0.299. The molecule has 1 heterocycles. The fraction of sp³-hybridized carbons (Fsp3) is 1.00. The van der Waals surface area contributed by atoms with Crippen LogP contribution < -0.4 is 5.73 Å². The molecule has 9 heavy (non-hydrogen) atoms. The summed E-state index contributed by atoms with van der Waals surface area (Å²) in [5, 5.41) is 0. The summed E-state index contributed by atoms with van der Waals surface area (Å²) in [7, 11) is -2.83. The molecule has 0 saturated carbocycles. The lowest BCUT2D eigenvalue weighted by Gasteiger charge is -2.29. The van der Waals surface area contributed by atoms with Gasteiger partial charge in [0.1, 0.15) is 0 Å². The van der Waals surface area contributed by atoms with Crippen LogP contribution in [0.4, 0.5) is 0 Å². The molecule has 0 aromatic carbocycles. The molecule has 0 amide bonds. The van der Waals surface area contributed by atoms with Crippen molar-refractivity contribution in [2.75, 3.05) is 25.4 Å². The zero-order chi connectivity index (χ0) is 6.91. The van der Waals surface area contributed by atoms with Gasteiger partial charge in [-0.05, 0) is 0 Å². The monoisotopic (exact) mass is 150 g/mol. The minimum absolute atomic E-state index is 0.299. The number of hydrogen-bond acceptors (Lipinski definition) is 3. The quantitative estimate of drug-likeness (QED) is 0.526. The van der Waals surface area contributed by atoms with Crippen LogP contribution in [0.1, 0.15) is 0 Å². The topological polar surface area (TPSA) is 63.4 Å². The minimum atomic E-state index is -2.83. The van der Waals surface area contributed by atoms with E-state index in [1.54, 1.807) is 0 Å². The molecule has 5 heteroatoms. The van der Waals surface area contributed by atoms with Gasteiger partial charge in [0.2, 0.25) is 10.0 Å². The molecule has 4 nitrogen and oxygen atoms in total. The molecule has 1 aliphatic rings. The van der Waals surface area contributed by atoms with Crippen LogP contribution in [-0.4, -0.2) is 38.1 Å². The fourth-order valence-electron chi connectivity index (χ4n) is 0.764. The summed E-state index contributed by atoms with van der Waals surface area (Å²) in [4.78, 5) is 0. The molecule has 1 aliphatic heterocycles. The predicted molar refractivity (Wildman–Crippen MR) is 34.4 cm³/mol. The van der Waals surface area contributed by atoms with E-state index in [9.17, 15) is 8.42 Å². The largest absolute Gasteiger partial charge is 0.329 e. The Labute approximate surface area is 54.7 Å². The lowest BCUT2D eigenvalue weighted by molar-refractivity contribution is 0.391. The molecule has 2 N–H and O–H groups in total. The lowest BCUT2D eigenvalue weighted by Crippen LogP contribution is -2.49. The Morgan fingerprint density at radius 2 is 2.22 bits per heavy atom. The Kier molecular flexibility index (Phi) is 1.74. The van der Waals surface area contributed by atoms with E-state index in [2.05, 4.69) is 0 Å². The first-order valence-corrected chi connectivity index (χ1v) is 4.45. The first-order chi connectivity index (χ1) is 4.17. The van der Waals surface area contributed by atoms with Gasteiger partial charge in [-0.2, -0.15) is 4.31 Å². The Bertz CT molecular complexity index is 187. The Morgan fingerprint density at radius 1 is 1.56 bits per heavy atom. The number of rotatable bonds is 2. The van der Waals surface area contributed by atoms with Crippen LogP contribution in [0.3, 0.4) is 0 Å². The highest BCUT2D eigenvalue weighted by Gasteiger charge is 2.30. The van der Waals surface area contributed by atoms with E-state index < -0.39 is 10.0 Å². The van der Waals surface area contributed by atoms with Crippen molar-refractivity contribution in [1.82, 2.24) is 4.31 Å². The molecule has 0 bridgehead atoms. The van der Waals surface area contributed by atoms with Crippen molar-refractivity contribution in [2.45, 2.75) is 0 Å². The third kappa shape index (κ3) is 1.23. The maximum Gasteiger partial charge on any atom is 0.215 e. The van der Waals surface area contributed by atoms with Crippen molar-refractivity contribution in [3.05, 3.63) is 0 Å². The standard InChI is InChI=1S/C4H10N2O2S/c5-1-2-6-3-4-9(6,7)8/h1-5H2. The molecule has 0 aromatic heterocycles. The molecule has 1 fully saturated rings. The summed E-state index contributed by atoms with van der Waals surface area (Å²) >= 11 is 0. The van der Waals surface area contributed by atoms with Gasteiger partial charge in [-0.3, -0.25) is 0 Å². The zero-order valence-electron chi connectivity index (χ0n) is 5.08. The van der Waals surface area contributed by atoms with Gasteiger partial charge in [-0.15, -0.1) is 0 Å². The van der Waals surface area contributed by atoms with Crippen LogP contribution >= 0.6 is 0 Å². The zero-order valence-corrected chi connectivity index (χ0v) is 5.89. The Hall–Kier alpha value is -0.130. The third-order valence-electron chi connectivity index (χ3n) is 1.37. The highest BCUT2D eigenvalue weighted by molar-refractivity contribution is 7.90. The van der Waals surface area contributed by atoms with Crippen LogP contribution in [0, 0.1) is 0 Å². The van der Waals surface area contributed by atoms with Gasteiger partial charge in [0.25, 0.3) is 0 Å². The first-order valence-electron chi connectivity index (χ1n) is 2.85. The number of sulfonamides is 1. The molecule has 0 radical (unpaired) electrons. The molecule has 1 rings (SSSR count). The van der Waals surface area contributed by atoms with Gasteiger partial charge < -0.3 is 5.73 Å². The number of nitrogens with zero attached hydrogens (tertiary/aromatic N) is 1. The third-order valence-corrected chi connectivity index (χ3v) is 3.22. The molecule has 0 aliphatic carbocycles. The van der Waals surface area contributed by atoms with Gasteiger partial charge in [0, 0.05) is 19.6 Å². The van der Waals surface area contributed by atoms with E-state index in [1.807, 2.05) is 0 Å². The first kappa shape index (κ1) is 6.98. The van der Waals surface area contributed by atoms with E-state index in [4.69, 9.17) is 5.73 Å². The van der Waals surface area contributed by atoms with Crippen LogP contribution in [0.5, 0.6) is 0 Å². The van der Waals surface area contributed by atoms with E-state index in [-0.39, 0.29) is 0 Å². The SMILES string of the molecule is NCCN1CCS1(=O)=O. The second-order valence-electron chi connectivity index (χ2n) is 2.00. The van der Waals surface area contributed by atoms with Gasteiger partial charge >= 0.3 is 0 Å². The summed E-state index contributed by atoms with van der Waals surface area (Å²) in [6.45, 7) is 1.54. The molecular weight excluding hydrogens is 140 g/mol. The van der Waals surface area contributed by atoms with E-state index >= 15 is 0 Å². The average molecular weight is 150 g/mol. The summed E-state index contributed by atoms with van der Waals surface area (Å²) in [6.07, 6.45) is 0. The molecule has 0 aromatic rings. The van der Waals surface area contributed by atoms with Gasteiger partial charge in [0.15, 0.2) is 0 Å². The van der Waals surface area contributed by atoms with Crippen molar-refractivity contribution in [1.29, 1.82) is 0 Å². The fourth-order valence-corrected chi connectivity index (χ4v) is 1.89. The molecule has 0 unspecified atom stereocenters. The van der Waals surface area contributed by atoms with Crippen molar-refractivity contribution >= 4 is 10.0 Å². The van der Waals surface area contributed by atoms with Crippen LogP contribution in [0.15, 0.2) is 0 Å². The van der Waals surface area contributed by atoms with Crippen molar-refractivity contribution in [3.63, 3.8) is 0 Å².